The van der Waals surface area contributed by atoms with E-state index in [9.17, 15) is 0 Å². The molecule has 1 aromatic rings. The van der Waals surface area contributed by atoms with E-state index in [0.29, 0.717) is 19.1 Å². The normalized spacial score (nSPS) is 12.7. The second-order valence-corrected chi connectivity index (χ2v) is 6.08. The van der Waals surface area contributed by atoms with Gasteiger partial charge in [0.15, 0.2) is 0 Å². The fraction of sp³-hybridized carbons (Fsp3) is 0.667. The zero-order valence-electron chi connectivity index (χ0n) is 14.0. The van der Waals surface area contributed by atoms with Crippen molar-refractivity contribution in [2.45, 2.75) is 53.0 Å². The zero-order valence-corrected chi connectivity index (χ0v) is 14.0. The number of hydrogen-bond acceptors (Lipinski definition) is 3. The number of para-hydroxylation sites is 1. The Labute approximate surface area is 129 Å². The van der Waals surface area contributed by atoms with E-state index in [1.54, 1.807) is 0 Å². The minimum absolute atomic E-state index is 0.191. The molecular weight excluding hydrogens is 262 g/mol. The molecule has 0 aromatic heterocycles. The predicted octanol–water partition coefficient (Wildman–Crippen LogP) is 3.72. The molecule has 21 heavy (non-hydrogen) atoms. The molecule has 120 valence electrons. The number of benzene rings is 1. The van der Waals surface area contributed by atoms with Gasteiger partial charge in [-0.05, 0) is 43.2 Å². The van der Waals surface area contributed by atoms with Gasteiger partial charge < -0.3 is 15.2 Å². The molecule has 0 saturated carbocycles. The highest BCUT2D eigenvalue weighted by Gasteiger charge is 2.10. The van der Waals surface area contributed by atoms with Crippen molar-refractivity contribution in [1.29, 1.82) is 0 Å². The van der Waals surface area contributed by atoms with Crippen LogP contribution in [0, 0.1) is 12.8 Å². The molecule has 0 spiro atoms. The van der Waals surface area contributed by atoms with Crippen LogP contribution >= 0.6 is 0 Å². The van der Waals surface area contributed by atoms with Crippen LogP contribution in [0.5, 0.6) is 5.75 Å². The van der Waals surface area contributed by atoms with E-state index in [2.05, 4.69) is 45.9 Å². The van der Waals surface area contributed by atoms with Crippen molar-refractivity contribution in [2.75, 3.05) is 19.8 Å². The summed E-state index contributed by atoms with van der Waals surface area (Å²) in [6.45, 7) is 10.6. The molecule has 1 aromatic carbocycles. The first kappa shape index (κ1) is 18.0. The van der Waals surface area contributed by atoms with Crippen LogP contribution in [0.3, 0.4) is 0 Å². The quantitative estimate of drug-likeness (QED) is 0.669. The van der Waals surface area contributed by atoms with Crippen LogP contribution in [-0.4, -0.2) is 25.9 Å². The van der Waals surface area contributed by atoms with Gasteiger partial charge in [0.2, 0.25) is 0 Å². The molecule has 1 atom stereocenters. The summed E-state index contributed by atoms with van der Waals surface area (Å²) < 4.78 is 11.5. The van der Waals surface area contributed by atoms with Crippen molar-refractivity contribution in [3.63, 3.8) is 0 Å². The van der Waals surface area contributed by atoms with Gasteiger partial charge in [-0.2, -0.15) is 0 Å². The van der Waals surface area contributed by atoms with Crippen molar-refractivity contribution < 1.29 is 9.47 Å². The van der Waals surface area contributed by atoms with Crippen molar-refractivity contribution >= 4 is 0 Å². The van der Waals surface area contributed by atoms with E-state index in [-0.39, 0.29) is 6.04 Å². The highest BCUT2D eigenvalue weighted by atomic mass is 16.5. The largest absolute Gasteiger partial charge is 0.491 e. The lowest BCUT2D eigenvalue weighted by molar-refractivity contribution is 0.0920. The third-order valence-electron chi connectivity index (χ3n) is 3.61. The van der Waals surface area contributed by atoms with Crippen LogP contribution in [-0.2, 0) is 11.2 Å². The fourth-order valence-corrected chi connectivity index (χ4v) is 2.13. The Morgan fingerprint density at radius 2 is 1.90 bits per heavy atom. The van der Waals surface area contributed by atoms with Crippen molar-refractivity contribution in [3.8, 4) is 5.75 Å². The van der Waals surface area contributed by atoms with Crippen molar-refractivity contribution in [3.05, 3.63) is 29.3 Å². The summed E-state index contributed by atoms with van der Waals surface area (Å²) in [7, 11) is 0. The fourth-order valence-electron chi connectivity index (χ4n) is 2.13. The average Bonchev–Trinajstić information content (AvgIpc) is 2.44. The summed E-state index contributed by atoms with van der Waals surface area (Å²) in [5.74, 6) is 1.67. The third kappa shape index (κ3) is 6.96. The van der Waals surface area contributed by atoms with E-state index < -0.39 is 0 Å². The Bertz CT molecular complexity index is 404. The van der Waals surface area contributed by atoms with Crippen molar-refractivity contribution in [2.24, 2.45) is 11.7 Å². The number of ether oxygens (including phenoxy) is 2. The Morgan fingerprint density at radius 3 is 2.57 bits per heavy atom. The molecule has 0 aliphatic carbocycles. The first-order chi connectivity index (χ1) is 10.0. The molecule has 0 saturated heterocycles. The molecule has 0 amide bonds. The van der Waals surface area contributed by atoms with Gasteiger partial charge in [-0.1, -0.05) is 39.0 Å². The number of rotatable bonds is 10. The van der Waals surface area contributed by atoms with Crippen LogP contribution in [0.4, 0.5) is 0 Å². The Hall–Kier alpha value is -1.06. The molecule has 1 rings (SSSR count). The summed E-state index contributed by atoms with van der Waals surface area (Å²) in [5, 5.41) is 0. The monoisotopic (exact) mass is 293 g/mol. The van der Waals surface area contributed by atoms with Gasteiger partial charge in [-0.25, -0.2) is 0 Å². The maximum Gasteiger partial charge on any atom is 0.125 e. The van der Waals surface area contributed by atoms with E-state index in [0.717, 1.165) is 37.2 Å². The molecule has 0 aliphatic rings. The summed E-state index contributed by atoms with van der Waals surface area (Å²) in [6.07, 6.45) is 2.94. The summed E-state index contributed by atoms with van der Waals surface area (Å²) in [4.78, 5) is 0. The highest BCUT2D eigenvalue weighted by molar-refractivity contribution is 5.41. The Morgan fingerprint density at radius 1 is 1.14 bits per heavy atom. The minimum atomic E-state index is 0.191. The zero-order chi connectivity index (χ0) is 15.7. The second kappa shape index (κ2) is 9.80. The highest BCUT2D eigenvalue weighted by Crippen LogP contribution is 2.24. The lowest BCUT2D eigenvalue weighted by Gasteiger charge is -2.16. The molecule has 0 bridgehead atoms. The molecule has 0 radical (unpaired) electrons. The summed E-state index contributed by atoms with van der Waals surface area (Å²) in [5.41, 5.74) is 8.43. The summed E-state index contributed by atoms with van der Waals surface area (Å²) in [6, 6.07) is 6.45. The van der Waals surface area contributed by atoms with Gasteiger partial charge in [0.05, 0.1) is 6.61 Å². The lowest BCUT2D eigenvalue weighted by atomic mass is 10.0. The molecule has 1 unspecified atom stereocenters. The van der Waals surface area contributed by atoms with Gasteiger partial charge in [-0.15, -0.1) is 0 Å². The standard InChI is InChI=1S/C18H31NO2/c1-5-17(19)13-16-8-6-7-15(4)18(16)21-12-11-20-10-9-14(2)3/h6-8,14,17H,5,9-13,19H2,1-4H3. The van der Waals surface area contributed by atoms with Crippen LogP contribution < -0.4 is 10.5 Å². The predicted molar refractivity (Wildman–Crippen MR) is 88.9 cm³/mol. The van der Waals surface area contributed by atoms with Gasteiger partial charge in [0, 0.05) is 12.6 Å². The average molecular weight is 293 g/mol. The molecule has 3 nitrogen and oxygen atoms in total. The molecule has 0 fully saturated rings. The lowest BCUT2D eigenvalue weighted by Crippen LogP contribution is -2.22. The third-order valence-corrected chi connectivity index (χ3v) is 3.61. The molecule has 0 aliphatic heterocycles. The van der Waals surface area contributed by atoms with Crippen LogP contribution in [0.25, 0.3) is 0 Å². The van der Waals surface area contributed by atoms with Gasteiger partial charge in [-0.3, -0.25) is 0 Å². The second-order valence-electron chi connectivity index (χ2n) is 6.08. The van der Waals surface area contributed by atoms with Crippen molar-refractivity contribution in [1.82, 2.24) is 0 Å². The van der Waals surface area contributed by atoms with E-state index in [1.807, 2.05) is 0 Å². The SMILES string of the molecule is CCC(N)Cc1cccc(C)c1OCCOCCC(C)C. The maximum absolute atomic E-state index is 6.07. The van der Waals surface area contributed by atoms with Crippen LogP contribution in [0.1, 0.15) is 44.7 Å². The van der Waals surface area contributed by atoms with Crippen LogP contribution in [0.2, 0.25) is 0 Å². The molecule has 3 heteroatoms. The molecular formula is C18H31NO2. The topological polar surface area (TPSA) is 44.5 Å². The number of hydrogen-bond donors (Lipinski definition) is 1. The van der Waals surface area contributed by atoms with E-state index >= 15 is 0 Å². The number of nitrogens with two attached hydrogens (primary N) is 1. The minimum Gasteiger partial charge on any atom is -0.491 e. The Balaban J connectivity index is 2.46. The molecule has 0 heterocycles. The van der Waals surface area contributed by atoms with E-state index in [1.165, 1.54) is 5.56 Å². The van der Waals surface area contributed by atoms with Crippen LogP contribution in [0.15, 0.2) is 18.2 Å². The van der Waals surface area contributed by atoms with Gasteiger partial charge >= 0.3 is 0 Å². The van der Waals surface area contributed by atoms with Gasteiger partial charge in [0.25, 0.3) is 0 Å². The number of aryl methyl sites for hydroxylation is 1. The summed E-state index contributed by atoms with van der Waals surface area (Å²) >= 11 is 0. The Kier molecular flexibility index (Phi) is 8.40. The molecule has 2 N–H and O–H groups in total. The smallest absolute Gasteiger partial charge is 0.125 e. The van der Waals surface area contributed by atoms with Gasteiger partial charge in [0.1, 0.15) is 12.4 Å². The first-order valence-electron chi connectivity index (χ1n) is 8.09. The maximum atomic E-state index is 6.07. The van der Waals surface area contributed by atoms with E-state index in [4.69, 9.17) is 15.2 Å². The first-order valence-corrected chi connectivity index (χ1v) is 8.09.